The summed E-state index contributed by atoms with van der Waals surface area (Å²) in [7, 11) is 1.92. The van der Waals surface area contributed by atoms with E-state index in [2.05, 4.69) is 37.8 Å². The lowest BCUT2D eigenvalue weighted by Crippen LogP contribution is -2.37. The van der Waals surface area contributed by atoms with Crippen LogP contribution in [0.25, 0.3) is 11.3 Å². The second kappa shape index (κ2) is 9.92. The zero-order valence-electron chi connectivity index (χ0n) is 18.7. The highest BCUT2D eigenvalue weighted by molar-refractivity contribution is 5.65. The van der Waals surface area contributed by atoms with Crippen LogP contribution in [0.15, 0.2) is 54.6 Å². The first-order chi connectivity index (χ1) is 14.4. The summed E-state index contributed by atoms with van der Waals surface area (Å²) in [6, 6.07) is 18.6. The van der Waals surface area contributed by atoms with Crippen LogP contribution in [0.1, 0.15) is 38.3 Å². The van der Waals surface area contributed by atoms with Gasteiger partial charge in [-0.05, 0) is 39.3 Å². The largest absolute Gasteiger partial charge is 0.439 e. The van der Waals surface area contributed by atoms with Crippen LogP contribution in [-0.4, -0.2) is 38.5 Å². The van der Waals surface area contributed by atoms with Crippen molar-refractivity contribution < 1.29 is 9.84 Å². The number of hydrogen-bond donors (Lipinski definition) is 1. The molecule has 0 amide bonds. The summed E-state index contributed by atoms with van der Waals surface area (Å²) in [6.07, 6.45) is 0.597. The fourth-order valence-electron chi connectivity index (χ4n) is 3.57. The molecule has 1 aromatic heterocycles. The first-order valence-corrected chi connectivity index (χ1v) is 10.7. The van der Waals surface area contributed by atoms with Gasteiger partial charge in [-0.15, -0.1) is 0 Å². The van der Waals surface area contributed by atoms with E-state index < -0.39 is 6.10 Å². The zero-order valence-corrected chi connectivity index (χ0v) is 18.7. The van der Waals surface area contributed by atoms with E-state index in [-0.39, 0.29) is 0 Å². The van der Waals surface area contributed by atoms with Gasteiger partial charge in [0.05, 0.1) is 11.7 Å². The van der Waals surface area contributed by atoms with E-state index >= 15 is 0 Å². The first kappa shape index (κ1) is 22.1. The summed E-state index contributed by atoms with van der Waals surface area (Å²) < 4.78 is 8.14. The highest BCUT2D eigenvalue weighted by Gasteiger charge is 2.24. The van der Waals surface area contributed by atoms with Gasteiger partial charge in [-0.1, -0.05) is 55.0 Å². The Morgan fingerprint density at radius 1 is 1.07 bits per heavy atom. The molecule has 5 nitrogen and oxygen atoms in total. The Morgan fingerprint density at radius 2 is 1.73 bits per heavy atom. The first-order valence-electron chi connectivity index (χ1n) is 10.7. The smallest absolute Gasteiger partial charge is 0.222 e. The number of benzene rings is 2. The van der Waals surface area contributed by atoms with Gasteiger partial charge < -0.3 is 9.84 Å². The maximum absolute atomic E-state index is 10.1. The third kappa shape index (κ3) is 5.29. The van der Waals surface area contributed by atoms with E-state index in [0.717, 1.165) is 34.9 Å². The summed E-state index contributed by atoms with van der Waals surface area (Å²) >= 11 is 0. The Labute approximate surface area is 179 Å². The molecule has 0 saturated heterocycles. The third-order valence-electron chi connectivity index (χ3n) is 5.44. The fourth-order valence-corrected chi connectivity index (χ4v) is 3.57. The minimum atomic E-state index is -0.405. The molecule has 5 heteroatoms. The van der Waals surface area contributed by atoms with Crippen molar-refractivity contribution in [2.45, 2.75) is 52.8 Å². The Hall–Kier alpha value is -2.63. The number of hydrogen-bond acceptors (Lipinski definition) is 4. The highest BCUT2D eigenvalue weighted by Crippen LogP contribution is 2.34. The van der Waals surface area contributed by atoms with E-state index in [1.54, 1.807) is 0 Å². The Kier molecular flexibility index (Phi) is 7.29. The monoisotopic (exact) mass is 407 g/mol. The van der Waals surface area contributed by atoms with Crippen molar-refractivity contribution in [3.63, 3.8) is 0 Å². The van der Waals surface area contributed by atoms with Crippen molar-refractivity contribution in [2.24, 2.45) is 7.05 Å². The average molecular weight is 408 g/mol. The van der Waals surface area contributed by atoms with Gasteiger partial charge >= 0.3 is 0 Å². The van der Waals surface area contributed by atoms with E-state index in [9.17, 15) is 5.11 Å². The molecule has 0 radical (unpaired) electrons. The van der Waals surface area contributed by atoms with E-state index in [4.69, 9.17) is 9.84 Å². The van der Waals surface area contributed by atoms with Gasteiger partial charge in [-0.25, -0.2) is 4.68 Å². The quantitative estimate of drug-likeness (QED) is 0.532. The molecule has 0 fully saturated rings. The maximum atomic E-state index is 10.1. The molecule has 3 rings (SSSR count). The molecule has 2 aromatic carbocycles. The van der Waals surface area contributed by atoms with Gasteiger partial charge in [0.2, 0.25) is 5.88 Å². The van der Waals surface area contributed by atoms with E-state index in [1.807, 2.05) is 61.1 Å². The van der Waals surface area contributed by atoms with Gasteiger partial charge in [-0.2, -0.15) is 5.10 Å². The SMILES string of the molecule is CCC(C)N(Cc1c(-c2ccccc2)nn(C)c1Oc1ccc(C)cc1)CC(C)O. The molecule has 3 aromatic rings. The number of nitrogens with zero attached hydrogens (tertiary/aromatic N) is 3. The minimum Gasteiger partial charge on any atom is -0.439 e. The lowest BCUT2D eigenvalue weighted by Gasteiger charge is -2.29. The van der Waals surface area contributed by atoms with Crippen LogP contribution < -0.4 is 4.74 Å². The molecule has 0 saturated carbocycles. The van der Waals surface area contributed by atoms with Crippen molar-refractivity contribution in [3.05, 3.63) is 65.7 Å². The van der Waals surface area contributed by atoms with Gasteiger partial charge in [0.25, 0.3) is 0 Å². The minimum absolute atomic E-state index is 0.329. The molecule has 0 bridgehead atoms. The third-order valence-corrected chi connectivity index (χ3v) is 5.44. The van der Waals surface area contributed by atoms with Crippen LogP contribution in [0.5, 0.6) is 11.6 Å². The standard InChI is InChI=1S/C25H33N3O2/c1-6-19(3)28(16-20(4)29)17-23-24(21-10-8-7-9-11-21)26-27(5)25(23)30-22-14-12-18(2)13-15-22/h7-15,19-20,29H,6,16-17H2,1-5H3. The normalized spacial score (nSPS) is 13.4. The molecule has 2 atom stereocenters. The lowest BCUT2D eigenvalue weighted by atomic mass is 10.1. The Balaban J connectivity index is 2.05. The van der Waals surface area contributed by atoms with E-state index in [0.29, 0.717) is 19.1 Å². The molecule has 0 aliphatic rings. The van der Waals surface area contributed by atoms with Crippen molar-refractivity contribution >= 4 is 0 Å². The molecule has 1 heterocycles. The molecule has 160 valence electrons. The predicted molar refractivity (Wildman–Crippen MR) is 122 cm³/mol. The Morgan fingerprint density at radius 3 is 2.33 bits per heavy atom. The number of aryl methyl sites for hydroxylation is 2. The summed E-state index contributed by atoms with van der Waals surface area (Å²) in [5.74, 6) is 1.52. The average Bonchev–Trinajstić information content (AvgIpc) is 3.04. The van der Waals surface area contributed by atoms with E-state index in [1.165, 1.54) is 5.56 Å². The summed E-state index contributed by atoms with van der Waals surface area (Å²) in [4.78, 5) is 2.30. The van der Waals surface area contributed by atoms with Crippen molar-refractivity contribution in [1.82, 2.24) is 14.7 Å². The van der Waals surface area contributed by atoms with Crippen molar-refractivity contribution in [3.8, 4) is 22.9 Å². The molecule has 2 unspecified atom stereocenters. The topological polar surface area (TPSA) is 50.5 Å². The lowest BCUT2D eigenvalue weighted by molar-refractivity contribution is 0.0956. The molecular formula is C25H33N3O2. The van der Waals surface area contributed by atoms with Crippen LogP contribution in [0.4, 0.5) is 0 Å². The predicted octanol–water partition coefficient (Wildman–Crippen LogP) is 5.17. The van der Waals surface area contributed by atoms with Gasteiger partial charge in [0.15, 0.2) is 0 Å². The molecule has 0 aliphatic carbocycles. The summed E-state index contributed by atoms with van der Waals surface area (Å²) in [6.45, 7) is 9.51. The number of ether oxygens (including phenoxy) is 1. The highest BCUT2D eigenvalue weighted by atomic mass is 16.5. The summed E-state index contributed by atoms with van der Waals surface area (Å²) in [5.41, 5.74) is 4.20. The van der Waals surface area contributed by atoms with Crippen LogP contribution in [0, 0.1) is 6.92 Å². The second-order valence-corrected chi connectivity index (χ2v) is 8.07. The van der Waals surface area contributed by atoms with Crippen LogP contribution in [0.3, 0.4) is 0 Å². The van der Waals surface area contributed by atoms with Gasteiger partial charge in [0.1, 0.15) is 11.4 Å². The van der Waals surface area contributed by atoms with Gasteiger partial charge in [0, 0.05) is 31.7 Å². The fraction of sp³-hybridized carbons (Fsp3) is 0.400. The van der Waals surface area contributed by atoms with Crippen LogP contribution in [0.2, 0.25) is 0 Å². The maximum Gasteiger partial charge on any atom is 0.222 e. The number of rotatable bonds is 9. The number of aliphatic hydroxyl groups excluding tert-OH is 1. The van der Waals surface area contributed by atoms with Crippen LogP contribution >= 0.6 is 0 Å². The zero-order chi connectivity index (χ0) is 21.7. The Bertz CT molecular complexity index is 933. The molecule has 0 aliphatic heterocycles. The summed E-state index contributed by atoms with van der Waals surface area (Å²) in [5, 5.41) is 14.9. The molecule has 1 N–H and O–H groups in total. The van der Waals surface area contributed by atoms with Crippen molar-refractivity contribution in [2.75, 3.05) is 6.54 Å². The van der Waals surface area contributed by atoms with Crippen molar-refractivity contribution in [1.29, 1.82) is 0 Å². The number of aliphatic hydroxyl groups is 1. The van der Waals surface area contributed by atoms with Crippen LogP contribution in [-0.2, 0) is 13.6 Å². The molecular weight excluding hydrogens is 374 g/mol. The molecule has 0 spiro atoms. The van der Waals surface area contributed by atoms with Gasteiger partial charge in [-0.3, -0.25) is 4.90 Å². The second-order valence-electron chi connectivity index (χ2n) is 8.07. The molecule has 30 heavy (non-hydrogen) atoms. The number of aromatic nitrogens is 2.